The Morgan fingerprint density at radius 3 is 2.45 bits per heavy atom. The van der Waals surface area contributed by atoms with Crippen LogP contribution in [0.1, 0.15) is 24.5 Å². The van der Waals surface area contributed by atoms with Gasteiger partial charge in [0.2, 0.25) is 17.4 Å². The Morgan fingerprint density at radius 2 is 1.87 bits per heavy atom. The summed E-state index contributed by atoms with van der Waals surface area (Å²) < 4.78 is 28.1. The largest absolute Gasteiger partial charge is 0.495 e. The topological polar surface area (TPSA) is 113 Å². The predicted molar refractivity (Wildman–Crippen MR) is 109 cm³/mol. The van der Waals surface area contributed by atoms with Crippen molar-refractivity contribution in [2.75, 3.05) is 28.4 Å². The van der Waals surface area contributed by atoms with Crippen LogP contribution in [0, 0.1) is 0 Å². The minimum atomic E-state index is -2.26. The van der Waals surface area contributed by atoms with Crippen molar-refractivity contribution in [3.05, 3.63) is 35.1 Å². The van der Waals surface area contributed by atoms with Crippen molar-refractivity contribution in [3.8, 4) is 17.2 Å². The zero-order valence-electron chi connectivity index (χ0n) is 18.0. The first-order chi connectivity index (χ1) is 14.7. The molecule has 1 aromatic carbocycles. The second-order valence-electron chi connectivity index (χ2n) is 7.65. The Labute approximate surface area is 179 Å². The van der Waals surface area contributed by atoms with E-state index in [1.807, 2.05) is 6.07 Å². The molecule has 1 aliphatic carbocycles. The molecule has 0 fully saturated rings. The summed E-state index contributed by atoms with van der Waals surface area (Å²) in [5, 5.41) is 13.9. The molecule has 3 aliphatic rings. The number of hydrogen-bond donors (Lipinski definition) is 2. The molecule has 0 unspecified atom stereocenters. The van der Waals surface area contributed by atoms with E-state index in [0.717, 1.165) is 5.56 Å². The lowest BCUT2D eigenvalue weighted by molar-refractivity contribution is -0.214. The number of ketones is 1. The molecule has 4 rings (SSSR count). The van der Waals surface area contributed by atoms with E-state index in [9.17, 15) is 14.7 Å². The smallest absolute Gasteiger partial charge is 0.291 e. The molecule has 2 N–H and O–H groups in total. The number of fused-ring (bicyclic) bond motifs is 3. The van der Waals surface area contributed by atoms with Gasteiger partial charge < -0.3 is 34.1 Å². The number of carbonyl (C=O) groups excluding carboxylic acids is 2. The SMILES string of the molecule is COC1=C[C@]23O[C@@]1(O)C(=O)C=C2c1c(cc(OC)c(OC)c1OC)CC[C@@H]3NC(C)=O. The van der Waals surface area contributed by atoms with Gasteiger partial charge >= 0.3 is 0 Å². The van der Waals surface area contributed by atoms with Gasteiger partial charge in [0.15, 0.2) is 17.3 Å². The van der Waals surface area contributed by atoms with Gasteiger partial charge in [-0.1, -0.05) is 0 Å². The summed E-state index contributed by atoms with van der Waals surface area (Å²) in [6.45, 7) is 1.40. The third kappa shape index (κ3) is 2.84. The van der Waals surface area contributed by atoms with Crippen molar-refractivity contribution in [2.24, 2.45) is 0 Å². The van der Waals surface area contributed by atoms with Crippen LogP contribution in [-0.4, -0.2) is 62.7 Å². The fourth-order valence-electron chi connectivity index (χ4n) is 4.73. The summed E-state index contributed by atoms with van der Waals surface area (Å²) in [5.41, 5.74) is 0.516. The van der Waals surface area contributed by atoms with Crippen molar-refractivity contribution in [1.82, 2.24) is 5.32 Å². The molecule has 31 heavy (non-hydrogen) atoms. The minimum absolute atomic E-state index is 0.0259. The second kappa shape index (κ2) is 7.28. The number of aryl methyl sites for hydroxylation is 1. The van der Waals surface area contributed by atoms with Crippen LogP contribution in [0.2, 0.25) is 0 Å². The first kappa shape index (κ1) is 21.2. The van der Waals surface area contributed by atoms with Crippen LogP contribution in [0.5, 0.6) is 17.2 Å². The summed E-state index contributed by atoms with van der Waals surface area (Å²) in [5.74, 6) is -2.03. The fourth-order valence-corrected chi connectivity index (χ4v) is 4.73. The highest BCUT2D eigenvalue weighted by atomic mass is 16.7. The molecule has 1 aromatic rings. The molecule has 0 radical (unpaired) electrons. The maximum Gasteiger partial charge on any atom is 0.291 e. The van der Waals surface area contributed by atoms with Gasteiger partial charge in [-0.25, -0.2) is 0 Å². The predicted octanol–water partition coefficient (Wildman–Crippen LogP) is 1.12. The minimum Gasteiger partial charge on any atom is -0.495 e. The monoisotopic (exact) mass is 431 g/mol. The van der Waals surface area contributed by atoms with Gasteiger partial charge in [-0.05, 0) is 36.6 Å². The summed E-state index contributed by atoms with van der Waals surface area (Å²) in [4.78, 5) is 25.0. The van der Waals surface area contributed by atoms with E-state index in [1.165, 1.54) is 41.4 Å². The number of ether oxygens (including phenoxy) is 5. The van der Waals surface area contributed by atoms with Gasteiger partial charge in [0, 0.05) is 18.1 Å². The standard InChI is InChI=1S/C22H25NO8/c1-11(24)23-15-7-6-12-8-14(27-2)19(29-4)20(30-5)18(12)13-9-16(25)22(26)17(28-3)10-21(13,15)31-22/h8-10,15,26H,6-7H2,1-5H3,(H,23,24)/t15-,21-,22-/m0/s1. The lowest BCUT2D eigenvalue weighted by Gasteiger charge is -2.41. The molecule has 2 aliphatic heterocycles. The van der Waals surface area contributed by atoms with Gasteiger partial charge in [-0.2, -0.15) is 0 Å². The molecule has 3 atom stereocenters. The Hall–Kier alpha value is -3.04. The van der Waals surface area contributed by atoms with Gasteiger partial charge in [-0.15, -0.1) is 0 Å². The Kier molecular flexibility index (Phi) is 4.98. The van der Waals surface area contributed by atoms with Crippen LogP contribution >= 0.6 is 0 Å². The van der Waals surface area contributed by atoms with Crippen LogP contribution in [0.15, 0.2) is 24.0 Å². The number of rotatable bonds is 5. The van der Waals surface area contributed by atoms with E-state index in [0.29, 0.717) is 41.2 Å². The zero-order chi connectivity index (χ0) is 22.6. The summed E-state index contributed by atoms with van der Waals surface area (Å²) in [7, 11) is 5.87. The Balaban J connectivity index is 2.06. The van der Waals surface area contributed by atoms with Crippen LogP contribution in [0.3, 0.4) is 0 Å². The summed E-state index contributed by atoms with van der Waals surface area (Å²) in [6.07, 6.45) is 3.87. The fraction of sp³-hybridized carbons (Fsp3) is 0.455. The van der Waals surface area contributed by atoms with E-state index in [1.54, 1.807) is 6.08 Å². The van der Waals surface area contributed by atoms with Crippen molar-refractivity contribution < 1.29 is 38.4 Å². The van der Waals surface area contributed by atoms with Crippen molar-refractivity contribution >= 4 is 17.3 Å². The number of carbonyl (C=O) groups is 2. The Bertz CT molecular complexity index is 1030. The van der Waals surface area contributed by atoms with Gasteiger partial charge in [0.1, 0.15) is 5.60 Å². The number of methoxy groups -OCH3 is 4. The highest BCUT2D eigenvalue weighted by molar-refractivity contribution is 6.09. The number of nitrogens with one attached hydrogen (secondary N) is 1. The molecule has 0 aromatic heterocycles. The third-order valence-corrected chi connectivity index (χ3v) is 6.02. The molecule has 0 saturated carbocycles. The van der Waals surface area contributed by atoms with Crippen LogP contribution in [0.25, 0.3) is 5.57 Å². The highest BCUT2D eigenvalue weighted by Gasteiger charge is 2.63. The first-order valence-electron chi connectivity index (χ1n) is 9.81. The molecular formula is C22H25NO8. The molecule has 2 heterocycles. The highest BCUT2D eigenvalue weighted by Crippen LogP contribution is 2.56. The summed E-state index contributed by atoms with van der Waals surface area (Å²) in [6, 6.07) is 1.24. The lowest BCUT2D eigenvalue weighted by atomic mass is 9.81. The molecule has 2 bridgehead atoms. The van der Waals surface area contributed by atoms with E-state index in [-0.39, 0.29) is 11.7 Å². The van der Waals surface area contributed by atoms with Crippen LogP contribution in [-0.2, 0) is 25.5 Å². The number of hydrogen-bond acceptors (Lipinski definition) is 8. The number of benzene rings is 1. The third-order valence-electron chi connectivity index (χ3n) is 6.02. The van der Waals surface area contributed by atoms with Crippen molar-refractivity contribution in [1.29, 1.82) is 0 Å². The molecular weight excluding hydrogens is 406 g/mol. The molecule has 9 nitrogen and oxygen atoms in total. The van der Waals surface area contributed by atoms with E-state index in [4.69, 9.17) is 23.7 Å². The van der Waals surface area contributed by atoms with E-state index in [2.05, 4.69) is 5.32 Å². The van der Waals surface area contributed by atoms with Gasteiger partial charge in [0.25, 0.3) is 5.79 Å². The summed E-state index contributed by atoms with van der Waals surface area (Å²) >= 11 is 0. The first-order valence-corrected chi connectivity index (χ1v) is 9.81. The van der Waals surface area contributed by atoms with Crippen molar-refractivity contribution in [2.45, 2.75) is 37.2 Å². The molecule has 166 valence electrons. The quantitative estimate of drug-likeness (QED) is 0.713. The van der Waals surface area contributed by atoms with Gasteiger partial charge in [0.05, 0.1) is 34.5 Å². The lowest BCUT2D eigenvalue weighted by Crippen LogP contribution is -2.57. The maximum atomic E-state index is 13.0. The average Bonchev–Trinajstić information content (AvgIpc) is 2.96. The number of aliphatic hydroxyl groups is 1. The van der Waals surface area contributed by atoms with Crippen molar-refractivity contribution in [3.63, 3.8) is 0 Å². The van der Waals surface area contributed by atoms with Crippen LogP contribution < -0.4 is 19.5 Å². The van der Waals surface area contributed by atoms with Gasteiger partial charge in [-0.3, -0.25) is 9.59 Å². The zero-order valence-corrected chi connectivity index (χ0v) is 18.0. The van der Waals surface area contributed by atoms with Crippen LogP contribution in [0.4, 0.5) is 0 Å². The maximum absolute atomic E-state index is 13.0. The molecule has 0 saturated heterocycles. The Morgan fingerprint density at radius 1 is 1.16 bits per heavy atom. The molecule has 1 spiro atoms. The van der Waals surface area contributed by atoms with E-state index >= 15 is 0 Å². The van der Waals surface area contributed by atoms with E-state index < -0.39 is 23.2 Å². The normalized spacial score (nSPS) is 28.5. The second-order valence-corrected chi connectivity index (χ2v) is 7.65. The number of amides is 1. The average molecular weight is 431 g/mol. The molecule has 1 amide bonds. The molecule has 9 heteroatoms.